The molecule has 0 unspecified atom stereocenters. The summed E-state index contributed by atoms with van der Waals surface area (Å²) >= 11 is 5.96. The highest BCUT2D eigenvalue weighted by molar-refractivity contribution is 6.30. The molecule has 0 bridgehead atoms. The van der Waals surface area contributed by atoms with E-state index in [0.717, 1.165) is 34.2 Å². The smallest absolute Gasteiger partial charge is 0.142 e. The molecule has 0 spiro atoms. The molecule has 2 aliphatic rings. The molecular weight excluding hydrogens is 406 g/mol. The molecular formula is C27H26ClNO2. The maximum atomic E-state index is 5.97. The van der Waals surface area contributed by atoms with Crippen molar-refractivity contribution in [1.82, 2.24) is 0 Å². The minimum Gasteiger partial charge on any atom is -0.495 e. The van der Waals surface area contributed by atoms with E-state index < -0.39 is 0 Å². The zero-order valence-corrected chi connectivity index (χ0v) is 18.5. The molecule has 4 heteroatoms. The Balaban J connectivity index is 1.38. The van der Waals surface area contributed by atoms with Gasteiger partial charge >= 0.3 is 0 Å². The molecule has 3 nitrogen and oxygen atoms in total. The Morgan fingerprint density at radius 3 is 2.52 bits per heavy atom. The molecule has 1 heterocycles. The van der Waals surface area contributed by atoms with Gasteiger partial charge in [0.25, 0.3) is 0 Å². The lowest BCUT2D eigenvalue weighted by atomic mass is 9.75. The van der Waals surface area contributed by atoms with Gasteiger partial charge in [-0.2, -0.15) is 0 Å². The fraction of sp³-hybridized carbons (Fsp3) is 0.259. The zero-order chi connectivity index (χ0) is 21.4. The monoisotopic (exact) mass is 431 g/mol. The minimum absolute atomic E-state index is 0.230. The molecule has 0 amide bonds. The number of aryl methyl sites for hydroxylation is 1. The Hall–Kier alpha value is -2.91. The largest absolute Gasteiger partial charge is 0.495 e. The third-order valence-corrected chi connectivity index (χ3v) is 6.73. The highest BCUT2D eigenvalue weighted by atomic mass is 35.5. The summed E-state index contributed by atoms with van der Waals surface area (Å²) in [5, 5.41) is 4.55. The summed E-state index contributed by atoms with van der Waals surface area (Å²) in [4.78, 5) is 0. The number of rotatable bonds is 5. The zero-order valence-electron chi connectivity index (χ0n) is 17.8. The quantitative estimate of drug-likeness (QED) is 0.438. The lowest BCUT2D eigenvalue weighted by Gasteiger charge is -2.39. The first-order chi connectivity index (χ1) is 15.1. The fourth-order valence-electron chi connectivity index (χ4n) is 4.89. The van der Waals surface area contributed by atoms with Crippen molar-refractivity contribution in [2.24, 2.45) is 5.92 Å². The summed E-state index contributed by atoms with van der Waals surface area (Å²) in [6.45, 7) is 2.72. The van der Waals surface area contributed by atoms with Crippen LogP contribution >= 0.6 is 11.6 Å². The molecule has 3 aromatic rings. The van der Waals surface area contributed by atoms with Crippen LogP contribution in [0.1, 0.15) is 40.6 Å². The number of anilines is 1. The van der Waals surface area contributed by atoms with Crippen LogP contribution in [0.3, 0.4) is 0 Å². The maximum Gasteiger partial charge on any atom is 0.142 e. The van der Waals surface area contributed by atoms with E-state index in [-0.39, 0.29) is 6.04 Å². The first kappa shape index (κ1) is 20.0. The summed E-state index contributed by atoms with van der Waals surface area (Å²) in [6, 6.07) is 20.7. The molecule has 31 heavy (non-hydrogen) atoms. The van der Waals surface area contributed by atoms with Gasteiger partial charge in [-0.15, -0.1) is 0 Å². The Morgan fingerprint density at radius 1 is 1.00 bits per heavy atom. The molecule has 0 fully saturated rings. The fourth-order valence-corrected chi connectivity index (χ4v) is 5.02. The Kier molecular flexibility index (Phi) is 5.37. The van der Waals surface area contributed by atoms with Gasteiger partial charge in [0.1, 0.15) is 18.1 Å². The topological polar surface area (TPSA) is 30.5 Å². The van der Waals surface area contributed by atoms with Crippen LogP contribution in [0, 0.1) is 12.8 Å². The first-order valence-corrected chi connectivity index (χ1v) is 11.1. The van der Waals surface area contributed by atoms with Crippen LogP contribution in [0.5, 0.6) is 11.5 Å². The molecule has 5 rings (SSSR count). The Labute approximate surface area is 188 Å². The van der Waals surface area contributed by atoms with E-state index in [9.17, 15) is 0 Å². The van der Waals surface area contributed by atoms with E-state index in [1.165, 1.54) is 16.7 Å². The predicted octanol–water partition coefficient (Wildman–Crippen LogP) is 7.06. The molecule has 0 aromatic heterocycles. The third kappa shape index (κ3) is 3.79. The molecule has 0 saturated carbocycles. The van der Waals surface area contributed by atoms with Crippen molar-refractivity contribution in [1.29, 1.82) is 0 Å². The van der Waals surface area contributed by atoms with Crippen LogP contribution in [0.25, 0.3) is 0 Å². The summed E-state index contributed by atoms with van der Waals surface area (Å²) in [6.07, 6.45) is 5.77. The summed E-state index contributed by atoms with van der Waals surface area (Å²) in [5.74, 6) is 2.69. The lowest BCUT2D eigenvalue weighted by molar-refractivity contribution is 0.306. The molecule has 0 radical (unpaired) electrons. The second-order valence-electron chi connectivity index (χ2n) is 8.33. The van der Waals surface area contributed by atoms with Crippen LogP contribution < -0.4 is 14.8 Å². The highest BCUT2D eigenvalue weighted by Crippen LogP contribution is 2.53. The van der Waals surface area contributed by atoms with Crippen molar-refractivity contribution in [2.75, 3.05) is 12.4 Å². The van der Waals surface area contributed by atoms with Gasteiger partial charge in [-0.05, 0) is 71.8 Å². The predicted molar refractivity (Wildman–Crippen MR) is 126 cm³/mol. The van der Waals surface area contributed by atoms with Crippen molar-refractivity contribution >= 4 is 17.3 Å². The number of allylic oxidation sites excluding steroid dienone is 2. The van der Waals surface area contributed by atoms with Crippen LogP contribution in [0.15, 0.2) is 72.8 Å². The van der Waals surface area contributed by atoms with Gasteiger partial charge in [0.05, 0.1) is 18.8 Å². The number of halogens is 1. The van der Waals surface area contributed by atoms with Crippen molar-refractivity contribution in [3.8, 4) is 11.5 Å². The van der Waals surface area contributed by atoms with Gasteiger partial charge in [0.2, 0.25) is 0 Å². The van der Waals surface area contributed by atoms with Crippen molar-refractivity contribution < 1.29 is 9.47 Å². The molecule has 158 valence electrons. The second-order valence-corrected chi connectivity index (χ2v) is 8.77. The average molecular weight is 432 g/mol. The van der Waals surface area contributed by atoms with Gasteiger partial charge in [0.15, 0.2) is 0 Å². The molecule has 3 aromatic carbocycles. The van der Waals surface area contributed by atoms with Crippen LogP contribution in [0.4, 0.5) is 5.69 Å². The average Bonchev–Trinajstić information content (AvgIpc) is 3.29. The number of hydrogen-bond acceptors (Lipinski definition) is 3. The second kappa shape index (κ2) is 8.32. The maximum absolute atomic E-state index is 5.97. The Bertz CT molecular complexity index is 1110. The summed E-state index contributed by atoms with van der Waals surface area (Å²) < 4.78 is 11.7. The standard InChI is InChI=1S/C27H26ClNO2/c1-17-6-15-24(30-2)27-25(17)22-4-3-5-23(22)26(29-27)19-9-13-21(14-10-19)31-16-18-7-11-20(28)12-8-18/h3-4,6-15,22-23,26,29H,5,16H2,1-2H3/t22-,23+,26+/m0/s1. The third-order valence-electron chi connectivity index (χ3n) is 6.48. The molecule has 0 saturated heterocycles. The molecule has 1 aliphatic carbocycles. The van der Waals surface area contributed by atoms with Gasteiger partial charge in [-0.1, -0.05) is 54.1 Å². The van der Waals surface area contributed by atoms with E-state index in [1.807, 2.05) is 24.3 Å². The van der Waals surface area contributed by atoms with Crippen molar-refractivity contribution in [2.45, 2.75) is 31.9 Å². The van der Waals surface area contributed by atoms with E-state index in [4.69, 9.17) is 21.1 Å². The van der Waals surface area contributed by atoms with Gasteiger partial charge in [-0.25, -0.2) is 0 Å². The summed E-state index contributed by atoms with van der Waals surface area (Å²) in [7, 11) is 1.74. The van der Waals surface area contributed by atoms with Crippen LogP contribution in [-0.2, 0) is 6.61 Å². The SMILES string of the molecule is COc1ccc(C)c2c1N[C@H](c1ccc(OCc3ccc(Cl)cc3)cc1)[C@@H]1CC=C[C@H]21. The van der Waals surface area contributed by atoms with Gasteiger partial charge in [0, 0.05) is 10.9 Å². The lowest BCUT2D eigenvalue weighted by Crippen LogP contribution is -2.30. The number of nitrogens with one attached hydrogen (secondary N) is 1. The summed E-state index contributed by atoms with van der Waals surface area (Å²) in [5.41, 5.74) is 6.18. The minimum atomic E-state index is 0.230. The van der Waals surface area contributed by atoms with E-state index >= 15 is 0 Å². The van der Waals surface area contributed by atoms with Crippen LogP contribution in [0.2, 0.25) is 5.02 Å². The van der Waals surface area contributed by atoms with Gasteiger partial charge in [-0.3, -0.25) is 0 Å². The normalized spacial score (nSPS) is 21.2. The molecule has 3 atom stereocenters. The van der Waals surface area contributed by atoms with Crippen molar-refractivity contribution in [3.05, 3.63) is 100 Å². The first-order valence-electron chi connectivity index (χ1n) is 10.7. The van der Waals surface area contributed by atoms with Crippen molar-refractivity contribution in [3.63, 3.8) is 0 Å². The van der Waals surface area contributed by atoms with E-state index in [1.54, 1.807) is 7.11 Å². The number of methoxy groups -OCH3 is 1. The molecule has 1 aliphatic heterocycles. The highest BCUT2D eigenvalue weighted by Gasteiger charge is 2.39. The number of benzene rings is 3. The molecule has 1 N–H and O–H groups in total. The van der Waals surface area contributed by atoms with E-state index in [2.05, 4.69) is 60.8 Å². The van der Waals surface area contributed by atoms with Crippen LogP contribution in [-0.4, -0.2) is 7.11 Å². The Morgan fingerprint density at radius 2 is 1.77 bits per heavy atom. The van der Waals surface area contributed by atoms with Gasteiger partial charge < -0.3 is 14.8 Å². The number of fused-ring (bicyclic) bond motifs is 3. The number of ether oxygens (including phenoxy) is 2. The number of hydrogen-bond donors (Lipinski definition) is 1. The van der Waals surface area contributed by atoms with E-state index in [0.29, 0.717) is 18.4 Å².